The summed E-state index contributed by atoms with van der Waals surface area (Å²) in [4.78, 5) is 14.1. The minimum Gasteiger partial charge on any atom is -0.375 e. The van der Waals surface area contributed by atoms with E-state index in [-0.39, 0.29) is 12.1 Å². The average molecular weight is 414 g/mol. The highest BCUT2D eigenvalue weighted by Gasteiger charge is 2.44. The summed E-state index contributed by atoms with van der Waals surface area (Å²) in [5, 5.41) is 8.92. The summed E-state index contributed by atoms with van der Waals surface area (Å²) >= 11 is 0. The smallest absolute Gasteiger partial charge is 0.164 e. The molecule has 11 heteroatoms. The first-order valence-electron chi connectivity index (χ1n) is 9.74. The van der Waals surface area contributed by atoms with E-state index in [9.17, 15) is 4.39 Å². The van der Waals surface area contributed by atoms with Crippen molar-refractivity contribution in [1.29, 1.82) is 5.26 Å². The van der Waals surface area contributed by atoms with Crippen molar-refractivity contribution in [1.82, 2.24) is 15.0 Å². The largest absolute Gasteiger partial charge is 0.375 e. The minimum atomic E-state index is -1.69. The number of nitrogens with one attached hydrogen (secondary N) is 1. The molecule has 0 spiro atoms. The number of nitrogens with zero attached hydrogens (tertiary/aromatic N) is 5. The van der Waals surface area contributed by atoms with Gasteiger partial charge < -0.3 is 10.2 Å². The number of nitriles is 1. The predicted octanol–water partition coefficient (Wildman–Crippen LogP) is 1.74. The zero-order valence-electron chi connectivity index (χ0n) is 17.6. The van der Waals surface area contributed by atoms with Crippen molar-refractivity contribution in [2.75, 3.05) is 10.2 Å². The molecule has 0 amide bonds. The lowest BCUT2D eigenvalue weighted by molar-refractivity contribution is 0.561. The summed E-state index contributed by atoms with van der Waals surface area (Å²) in [6.07, 6.45) is 4.19. The molecule has 0 atom stereocenters. The van der Waals surface area contributed by atoms with E-state index in [0.29, 0.717) is 39.6 Å². The lowest BCUT2D eigenvalue weighted by Crippen LogP contribution is -2.66. The SMILES string of the molecule is [B]C1([B])Cc2ncc(Nc3cc(C)ncc3F)cc2C([B])([B])N1c1ncc(C#N)cc1C. The number of pyridine rings is 3. The van der Waals surface area contributed by atoms with Crippen LogP contribution in [-0.2, 0) is 11.8 Å². The van der Waals surface area contributed by atoms with Gasteiger partial charge in [0.25, 0.3) is 0 Å². The zero-order chi connectivity index (χ0) is 23.3. The van der Waals surface area contributed by atoms with Crippen LogP contribution in [0.5, 0.6) is 0 Å². The Hall–Kier alpha value is -3.27. The number of rotatable bonds is 3. The Bertz CT molecular complexity index is 1260. The molecule has 0 saturated heterocycles. The normalized spacial score (nSPS) is 16.1. The van der Waals surface area contributed by atoms with Gasteiger partial charge in [-0.15, -0.1) is 0 Å². The van der Waals surface area contributed by atoms with Gasteiger partial charge in [-0.3, -0.25) is 9.97 Å². The van der Waals surface area contributed by atoms with Crippen LogP contribution in [0.1, 0.15) is 28.1 Å². The Balaban J connectivity index is 1.79. The molecule has 32 heavy (non-hydrogen) atoms. The van der Waals surface area contributed by atoms with Crippen LogP contribution in [0.2, 0.25) is 0 Å². The summed E-state index contributed by atoms with van der Waals surface area (Å²) in [6, 6.07) is 6.94. The van der Waals surface area contributed by atoms with E-state index in [0.717, 1.165) is 6.20 Å². The van der Waals surface area contributed by atoms with Crippen molar-refractivity contribution in [3.8, 4) is 6.07 Å². The van der Waals surface area contributed by atoms with Crippen LogP contribution in [0.3, 0.4) is 0 Å². The standard InChI is InChI=1S/C21H15B4FN6/c1-11-3-13(7-27)8-30-19(11)32-20(22,23)6-18-15(21(32,24)25)5-14(9-29-18)31-17-4-12(2)28-10-16(17)26/h3-5,8-10H,6H2,1-2H3,(H,28,31). The van der Waals surface area contributed by atoms with Gasteiger partial charge in [-0.2, -0.15) is 5.26 Å². The Morgan fingerprint density at radius 1 is 1.06 bits per heavy atom. The fraction of sp³-hybridized carbons (Fsp3) is 0.238. The van der Waals surface area contributed by atoms with Gasteiger partial charge >= 0.3 is 0 Å². The number of hydrogen-bond acceptors (Lipinski definition) is 6. The molecule has 0 unspecified atom stereocenters. The van der Waals surface area contributed by atoms with Crippen molar-refractivity contribution in [3.05, 3.63) is 70.7 Å². The molecule has 1 aliphatic heterocycles. The lowest BCUT2D eigenvalue weighted by Gasteiger charge is -2.56. The van der Waals surface area contributed by atoms with Crippen molar-refractivity contribution >= 4 is 48.6 Å². The second-order valence-corrected chi connectivity index (χ2v) is 7.95. The van der Waals surface area contributed by atoms with Gasteiger partial charge in [0.2, 0.25) is 0 Å². The Morgan fingerprint density at radius 2 is 1.81 bits per heavy atom. The third-order valence-electron chi connectivity index (χ3n) is 5.30. The Morgan fingerprint density at radius 3 is 2.50 bits per heavy atom. The van der Waals surface area contributed by atoms with Crippen molar-refractivity contribution < 1.29 is 4.39 Å². The van der Waals surface area contributed by atoms with Crippen LogP contribution in [0.4, 0.5) is 21.6 Å². The number of aryl methyl sites for hydroxylation is 2. The molecule has 1 N–H and O–H groups in total. The maximum absolute atomic E-state index is 14.2. The average Bonchev–Trinajstić information content (AvgIpc) is 2.71. The van der Waals surface area contributed by atoms with Crippen LogP contribution in [0, 0.1) is 31.0 Å². The first-order valence-corrected chi connectivity index (χ1v) is 9.74. The fourth-order valence-electron chi connectivity index (χ4n) is 3.89. The molecule has 0 fully saturated rings. The molecule has 4 rings (SSSR count). The Labute approximate surface area is 191 Å². The first kappa shape index (κ1) is 21.9. The second kappa shape index (κ2) is 7.70. The molecule has 0 aliphatic carbocycles. The predicted molar refractivity (Wildman–Crippen MR) is 124 cm³/mol. The van der Waals surface area contributed by atoms with Crippen molar-refractivity contribution in [2.24, 2.45) is 0 Å². The zero-order valence-corrected chi connectivity index (χ0v) is 17.6. The molecule has 8 radical (unpaired) electrons. The summed E-state index contributed by atoms with van der Waals surface area (Å²) in [5.74, 6) is -0.166. The van der Waals surface area contributed by atoms with E-state index >= 15 is 0 Å². The van der Waals surface area contributed by atoms with Crippen LogP contribution >= 0.6 is 0 Å². The number of fused-ring (bicyclic) bond motifs is 1. The quantitative estimate of drug-likeness (QED) is 0.659. The third-order valence-corrected chi connectivity index (χ3v) is 5.30. The molecule has 148 valence electrons. The van der Waals surface area contributed by atoms with Crippen LogP contribution < -0.4 is 10.2 Å². The highest BCUT2D eigenvalue weighted by Crippen LogP contribution is 2.41. The molecule has 0 aromatic carbocycles. The molecule has 0 saturated carbocycles. The van der Waals surface area contributed by atoms with Crippen molar-refractivity contribution in [3.63, 3.8) is 0 Å². The van der Waals surface area contributed by atoms with Gasteiger partial charge in [0.1, 0.15) is 11.9 Å². The Kier molecular flexibility index (Phi) is 5.28. The van der Waals surface area contributed by atoms with Crippen molar-refractivity contribution in [2.45, 2.75) is 30.9 Å². The maximum atomic E-state index is 14.2. The molecule has 0 bridgehead atoms. The van der Waals surface area contributed by atoms with Gasteiger partial charge in [0.15, 0.2) is 5.82 Å². The molecular formula is C21H15B4FN6. The number of anilines is 3. The summed E-state index contributed by atoms with van der Waals surface area (Å²) in [6.45, 7) is 3.52. The lowest BCUT2D eigenvalue weighted by atomic mass is 9.46. The number of halogens is 1. The van der Waals surface area contributed by atoms with Gasteiger partial charge in [0, 0.05) is 17.6 Å². The van der Waals surface area contributed by atoms with Crippen LogP contribution in [0.25, 0.3) is 0 Å². The van der Waals surface area contributed by atoms with E-state index in [1.165, 1.54) is 17.3 Å². The second-order valence-electron chi connectivity index (χ2n) is 7.95. The summed E-state index contributed by atoms with van der Waals surface area (Å²) < 4.78 is 14.2. The number of hydrogen-bond donors (Lipinski definition) is 1. The monoisotopic (exact) mass is 414 g/mol. The van der Waals surface area contributed by atoms with Gasteiger partial charge in [-0.05, 0) is 60.3 Å². The summed E-state index contributed by atoms with van der Waals surface area (Å²) in [7, 11) is 26.0. The van der Waals surface area contributed by atoms with Crippen LogP contribution in [0.15, 0.2) is 36.8 Å². The molecule has 3 aromatic heterocycles. The van der Waals surface area contributed by atoms with E-state index in [4.69, 9.17) is 36.6 Å². The molecule has 6 nitrogen and oxygen atoms in total. The molecule has 3 aromatic rings. The fourth-order valence-corrected chi connectivity index (χ4v) is 3.89. The summed E-state index contributed by atoms with van der Waals surface area (Å²) in [5.41, 5.74) is 3.33. The molecule has 1 aliphatic rings. The first-order chi connectivity index (χ1) is 15.0. The van der Waals surface area contributed by atoms with Gasteiger partial charge in [-0.25, -0.2) is 9.37 Å². The van der Waals surface area contributed by atoms with E-state index < -0.39 is 16.5 Å². The highest BCUT2D eigenvalue weighted by atomic mass is 19.1. The third kappa shape index (κ3) is 3.75. The van der Waals surface area contributed by atoms with E-state index in [1.807, 2.05) is 6.07 Å². The van der Waals surface area contributed by atoms with Gasteiger partial charge in [-0.1, -0.05) is 0 Å². The number of aromatic nitrogens is 3. The topological polar surface area (TPSA) is 77.7 Å². The minimum absolute atomic E-state index is 0.128. The maximum Gasteiger partial charge on any atom is 0.164 e. The van der Waals surface area contributed by atoms with E-state index in [1.54, 1.807) is 32.0 Å². The highest BCUT2D eigenvalue weighted by molar-refractivity contribution is 6.48. The molecular weight excluding hydrogens is 399 g/mol. The molecule has 4 heterocycles. The van der Waals surface area contributed by atoms with Gasteiger partial charge in [0.05, 0.1) is 60.7 Å². The van der Waals surface area contributed by atoms with E-state index in [2.05, 4.69) is 20.3 Å². The van der Waals surface area contributed by atoms with Crippen LogP contribution in [-0.4, -0.2) is 51.7 Å².